The molecule has 0 aliphatic heterocycles. The first-order valence-corrected chi connectivity index (χ1v) is 2.91. The fourth-order valence-corrected chi connectivity index (χ4v) is 0.638. The van der Waals surface area contributed by atoms with E-state index in [2.05, 4.69) is 16.0 Å². The first kappa shape index (κ1) is 5.60. The van der Waals surface area contributed by atoms with Crippen molar-refractivity contribution >= 4 is 20.7 Å². The van der Waals surface area contributed by atoms with Crippen LogP contribution < -0.4 is 0 Å². The topological polar surface area (TPSA) is 30.2 Å². The summed E-state index contributed by atoms with van der Waals surface area (Å²) >= 11 is 2.31. The number of carbonyl (C=O) groups excluding carboxylic acids is 1. The first-order chi connectivity index (χ1) is 3.80. The van der Waals surface area contributed by atoms with E-state index >= 15 is 0 Å². The van der Waals surface area contributed by atoms with E-state index in [9.17, 15) is 4.79 Å². The average Bonchev–Trinajstić information content (AvgIpc) is 2.12. The van der Waals surface area contributed by atoms with E-state index in [4.69, 9.17) is 4.42 Å². The molecule has 1 aromatic rings. The molecule has 0 aliphatic carbocycles. The van der Waals surface area contributed by atoms with Crippen LogP contribution in [0.15, 0.2) is 22.8 Å². The monoisotopic (exact) mass is 175 g/mol. The molecule has 1 aromatic heterocycles. The van der Waals surface area contributed by atoms with Crippen molar-refractivity contribution in [1.82, 2.24) is 0 Å². The van der Waals surface area contributed by atoms with E-state index in [0.717, 1.165) is 0 Å². The van der Waals surface area contributed by atoms with Crippen molar-refractivity contribution in [1.29, 1.82) is 0 Å². The molecule has 0 saturated heterocycles. The molecule has 0 bridgehead atoms. The molecule has 8 heavy (non-hydrogen) atoms. The SMILES string of the molecule is O=C([Se])c1ccco1. The third kappa shape index (κ3) is 0.997. The van der Waals surface area contributed by atoms with Gasteiger partial charge in [0.15, 0.2) is 0 Å². The Labute approximate surface area is 54.7 Å². The zero-order valence-corrected chi connectivity index (χ0v) is 5.67. The van der Waals surface area contributed by atoms with Gasteiger partial charge in [0.25, 0.3) is 0 Å². The quantitative estimate of drug-likeness (QED) is 0.583. The second-order valence-corrected chi connectivity index (χ2v) is 2.04. The Morgan fingerprint density at radius 3 is 2.75 bits per heavy atom. The van der Waals surface area contributed by atoms with Gasteiger partial charge in [0, 0.05) is 0 Å². The molecule has 0 fully saturated rings. The van der Waals surface area contributed by atoms with Crippen LogP contribution in [-0.2, 0) is 0 Å². The van der Waals surface area contributed by atoms with Gasteiger partial charge in [0.2, 0.25) is 0 Å². The van der Waals surface area contributed by atoms with Crippen molar-refractivity contribution in [3.05, 3.63) is 24.2 Å². The summed E-state index contributed by atoms with van der Waals surface area (Å²) < 4.78 is 4.56. The molecule has 0 aromatic carbocycles. The van der Waals surface area contributed by atoms with E-state index in [-0.39, 0.29) is 4.68 Å². The Hall–Kier alpha value is -0.531. The van der Waals surface area contributed by atoms with Crippen LogP contribution in [0.5, 0.6) is 0 Å². The molecular formula is C5H3O2Se. The Kier molecular flexibility index (Phi) is 1.51. The van der Waals surface area contributed by atoms with Crippen molar-refractivity contribution in [2.45, 2.75) is 0 Å². The molecule has 41 valence electrons. The molecule has 2 nitrogen and oxygen atoms in total. The number of carbonyl (C=O) groups is 1. The van der Waals surface area contributed by atoms with E-state index in [1.54, 1.807) is 12.1 Å². The summed E-state index contributed by atoms with van der Waals surface area (Å²) in [4.78, 5) is 10.4. The average molecular weight is 174 g/mol. The predicted octanol–water partition coefficient (Wildman–Crippen LogP) is 0.588. The van der Waals surface area contributed by atoms with Gasteiger partial charge in [-0.2, -0.15) is 0 Å². The Balaban J connectivity index is 2.93. The van der Waals surface area contributed by atoms with Crippen LogP contribution in [0, 0.1) is 0 Å². The zero-order chi connectivity index (χ0) is 5.98. The van der Waals surface area contributed by atoms with Crippen molar-refractivity contribution in [2.24, 2.45) is 0 Å². The van der Waals surface area contributed by atoms with E-state index in [1.165, 1.54) is 6.26 Å². The van der Waals surface area contributed by atoms with Crippen LogP contribution in [0.1, 0.15) is 10.6 Å². The molecule has 3 heteroatoms. The molecule has 0 spiro atoms. The van der Waals surface area contributed by atoms with Crippen LogP contribution in [0.3, 0.4) is 0 Å². The molecule has 0 N–H and O–H groups in total. The fourth-order valence-electron chi connectivity index (χ4n) is 0.395. The van der Waals surface area contributed by atoms with Gasteiger partial charge >= 0.3 is 54.1 Å². The summed E-state index contributed by atoms with van der Waals surface area (Å²) in [6.07, 6.45) is 1.46. The maximum atomic E-state index is 10.4. The summed E-state index contributed by atoms with van der Waals surface area (Å²) in [5.41, 5.74) is 0. The predicted molar refractivity (Wildman–Crippen MR) is 28.8 cm³/mol. The summed E-state index contributed by atoms with van der Waals surface area (Å²) in [5, 5.41) is 0. The standard InChI is InChI=1S/C5H3O2Se/c6-5(8)4-2-1-3-7-4/h1-3H. The molecule has 0 aliphatic rings. The third-order valence-electron chi connectivity index (χ3n) is 0.722. The van der Waals surface area contributed by atoms with Crippen molar-refractivity contribution in [3.8, 4) is 0 Å². The first-order valence-electron chi connectivity index (χ1n) is 2.05. The van der Waals surface area contributed by atoms with Crippen LogP contribution in [0.2, 0.25) is 0 Å². The normalized spacial score (nSPS) is 9.00. The molecule has 1 rings (SSSR count). The van der Waals surface area contributed by atoms with Gasteiger partial charge in [0.05, 0.1) is 0 Å². The van der Waals surface area contributed by atoms with E-state index in [0.29, 0.717) is 5.76 Å². The minimum atomic E-state index is -0.157. The maximum absolute atomic E-state index is 10.4. The number of hydrogen-bond donors (Lipinski definition) is 0. The zero-order valence-electron chi connectivity index (χ0n) is 3.96. The van der Waals surface area contributed by atoms with Crippen LogP contribution in [-0.4, -0.2) is 20.7 Å². The van der Waals surface area contributed by atoms with E-state index in [1.807, 2.05) is 0 Å². The summed E-state index contributed by atoms with van der Waals surface area (Å²) in [5.74, 6) is 0.366. The Morgan fingerprint density at radius 1 is 1.75 bits per heavy atom. The van der Waals surface area contributed by atoms with Gasteiger partial charge in [-0.3, -0.25) is 0 Å². The van der Waals surface area contributed by atoms with Gasteiger partial charge in [-0.05, 0) is 0 Å². The number of furan rings is 1. The molecular weight excluding hydrogens is 171 g/mol. The minimum absolute atomic E-state index is 0.157. The second kappa shape index (κ2) is 2.16. The molecule has 1 heterocycles. The second-order valence-electron chi connectivity index (χ2n) is 1.26. The Bertz CT molecular complexity index is 178. The molecule has 0 unspecified atom stereocenters. The summed E-state index contributed by atoms with van der Waals surface area (Å²) in [7, 11) is 0. The van der Waals surface area contributed by atoms with E-state index < -0.39 is 0 Å². The van der Waals surface area contributed by atoms with Gasteiger partial charge < -0.3 is 0 Å². The summed E-state index contributed by atoms with van der Waals surface area (Å²) in [6.45, 7) is 0. The number of rotatable bonds is 1. The molecule has 0 saturated carbocycles. The van der Waals surface area contributed by atoms with Gasteiger partial charge in [-0.25, -0.2) is 0 Å². The van der Waals surface area contributed by atoms with Crippen LogP contribution >= 0.6 is 0 Å². The molecule has 0 amide bonds. The molecule has 1 radical (unpaired) electrons. The van der Waals surface area contributed by atoms with Crippen LogP contribution in [0.25, 0.3) is 0 Å². The van der Waals surface area contributed by atoms with Gasteiger partial charge in [0.1, 0.15) is 0 Å². The van der Waals surface area contributed by atoms with Gasteiger partial charge in [-0.15, -0.1) is 0 Å². The molecule has 0 atom stereocenters. The third-order valence-corrected chi connectivity index (χ3v) is 1.14. The number of hydrogen-bond acceptors (Lipinski definition) is 2. The summed E-state index contributed by atoms with van der Waals surface area (Å²) in [6, 6.07) is 3.28. The fraction of sp³-hybridized carbons (Fsp3) is 0. The Morgan fingerprint density at radius 2 is 2.50 bits per heavy atom. The van der Waals surface area contributed by atoms with Crippen molar-refractivity contribution < 1.29 is 9.21 Å². The van der Waals surface area contributed by atoms with Crippen LogP contribution in [0.4, 0.5) is 0 Å². The van der Waals surface area contributed by atoms with Crippen molar-refractivity contribution in [3.63, 3.8) is 0 Å². The van der Waals surface area contributed by atoms with Crippen molar-refractivity contribution in [2.75, 3.05) is 0 Å². The van der Waals surface area contributed by atoms with Gasteiger partial charge in [-0.1, -0.05) is 0 Å².